The van der Waals surface area contributed by atoms with Crippen LogP contribution in [0.25, 0.3) is 10.6 Å². The van der Waals surface area contributed by atoms with Crippen molar-refractivity contribution in [3.8, 4) is 10.6 Å². The number of benzene rings is 1. The third-order valence-electron chi connectivity index (χ3n) is 3.04. The van der Waals surface area contributed by atoms with Crippen molar-refractivity contribution in [2.45, 2.75) is 17.1 Å². The number of hydrogen-bond donors (Lipinski definition) is 1. The fourth-order valence-corrected chi connectivity index (χ4v) is 4.16. The van der Waals surface area contributed by atoms with Gasteiger partial charge >= 0.3 is 0 Å². The number of hydrogen-bond acceptors (Lipinski definition) is 5. The number of thiophene rings is 1. The molecule has 2 aromatic heterocycles. The molecule has 3 nitrogen and oxygen atoms in total. The molecule has 0 bridgehead atoms. The Morgan fingerprint density at radius 1 is 1.25 bits per heavy atom. The summed E-state index contributed by atoms with van der Waals surface area (Å²) in [5.74, 6) is -2.81. The molecule has 0 saturated carbocycles. The number of halogens is 2. The number of aromatic nitrogens is 1. The van der Waals surface area contributed by atoms with Crippen LogP contribution in [-0.4, -0.2) is 16.6 Å². The number of nitrogens with zero attached hydrogens (tertiary/aromatic N) is 1. The lowest BCUT2D eigenvalue weighted by Crippen LogP contribution is -2.15. The highest BCUT2D eigenvalue weighted by atomic mass is 32.2. The van der Waals surface area contributed by atoms with E-state index in [9.17, 15) is 13.6 Å². The van der Waals surface area contributed by atoms with E-state index in [1.165, 1.54) is 11.3 Å². The van der Waals surface area contributed by atoms with Gasteiger partial charge in [0, 0.05) is 21.2 Å². The molecule has 0 aliphatic rings. The van der Waals surface area contributed by atoms with Crippen LogP contribution in [0.5, 0.6) is 0 Å². The molecule has 0 aliphatic carbocycles. The summed E-state index contributed by atoms with van der Waals surface area (Å²) in [4.78, 5) is 17.0. The lowest BCUT2D eigenvalue weighted by atomic mass is 10.3. The molecule has 0 radical (unpaired) electrons. The number of anilines is 1. The molecule has 3 aromatic rings. The summed E-state index contributed by atoms with van der Waals surface area (Å²) in [5, 5.41) is 9.36. The molecule has 0 fully saturated rings. The minimum absolute atomic E-state index is 0.105. The van der Waals surface area contributed by atoms with Crippen molar-refractivity contribution in [2.75, 3.05) is 5.32 Å². The van der Waals surface area contributed by atoms with Crippen molar-refractivity contribution >= 4 is 46.0 Å². The Hall–Kier alpha value is -1.77. The summed E-state index contributed by atoms with van der Waals surface area (Å²) in [7, 11) is 0. The van der Waals surface area contributed by atoms with Crippen LogP contribution < -0.4 is 5.32 Å². The first-order valence-corrected chi connectivity index (χ1v) is 9.62. The first-order valence-electron chi connectivity index (χ1n) is 6.92. The van der Waals surface area contributed by atoms with E-state index >= 15 is 0 Å². The predicted molar refractivity (Wildman–Crippen MR) is 96.1 cm³/mol. The van der Waals surface area contributed by atoms with Crippen LogP contribution in [0.4, 0.5) is 14.5 Å². The van der Waals surface area contributed by atoms with Crippen LogP contribution in [0.3, 0.4) is 0 Å². The third-order valence-corrected chi connectivity index (χ3v) is 5.45. The molecule has 0 spiro atoms. The van der Waals surface area contributed by atoms with Gasteiger partial charge in [0.25, 0.3) is 5.76 Å². The minimum atomic E-state index is -2.53. The zero-order valence-electron chi connectivity index (χ0n) is 12.2. The Morgan fingerprint density at radius 3 is 2.83 bits per heavy atom. The van der Waals surface area contributed by atoms with E-state index in [-0.39, 0.29) is 12.3 Å². The number of thioether (sulfide) groups is 1. The van der Waals surface area contributed by atoms with Crippen LogP contribution in [0, 0.1) is 0 Å². The van der Waals surface area contributed by atoms with E-state index in [1.807, 2.05) is 22.2 Å². The smallest absolute Gasteiger partial charge is 0.288 e. The fourth-order valence-electron chi connectivity index (χ4n) is 2.03. The van der Waals surface area contributed by atoms with Gasteiger partial charge in [0.1, 0.15) is 5.01 Å². The molecule has 8 heteroatoms. The Kier molecular flexibility index (Phi) is 5.60. The number of alkyl halides is 2. The third kappa shape index (κ3) is 4.40. The molecule has 0 aliphatic heterocycles. The number of rotatable bonds is 6. The van der Waals surface area contributed by atoms with Crippen molar-refractivity contribution in [2.24, 2.45) is 0 Å². The van der Waals surface area contributed by atoms with Gasteiger partial charge in [-0.2, -0.15) is 20.1 Å². The minimum Gasteiger partial charge on any atom is -0.325 e. The van der Waals surface area contributed by atoms with Gasteiger partial charge in [-0.1, -0.05) is 23.9 Å². The summed E-state index contributed by atoms with van der Waals surface area (Å²) in [5.41, 5.74) is 2.09. The average Bonchev–Trinajstić information content (AvgIpc) is 3.19. The van der Waals surface area contributed by atoms with Crippen molar-refractivity contribution < 1.29 is 13.6 Å². The van der Waals surface area contributed by atoms with Crippen LogP contribution in [0.1, 0.15) is 5.69 Å². The number of carbonyl (C=O) groups is 1. The van der Waals surface area contributed by atoms with E-state index in [1.54, 1.807) is 35.6 Å². The maximum Gasteiger partial charge on any atom is 0.288 e. The highest BCUT2D eigenvalue weighted by molar-refractivity contribution is 7.99. The average molecular weight is 382 g/mol. The molecule has 0 unspecified atom stereocenters. The number of para-hydroxylation sites is 1. The Bertz CT molecular complexity index is 818. The van der Waals surface area contributed by atoms with E-state index in [2.05, 4.69) is 10.3 Å². The lowest BCUT2D eigenvalue weighted by Gasteiger charge is -2.09. The predicted octanol–water partition coefficient (Wildman–Crippen LogP) is 5.37. The van der Waals surface area contributed by atoms with E-state index in [4.69, 9.17) is 0 Å². The summed E-state index contributed by atoms with van der Waals surface area (Å²) in [6.45, 7) is 0. The Morgan fingerprint density at radius 2 is 2.08 bits per heavy atom. The second kappa shape index (κ2) is 7.87. The van der Waals surface area contributed by atoms with Crippen molar-refractivity contribution in [1.29, 1.82) is 0 Å². The molecule has 124 valence electrons. The molecule has 1 aromatic carbocycles. The van der Waals surface area contributed by atoms with Gasteiger partial charge in [-0.15, -0.1) is 11.3 Å². The summed E-state index contributed by atoms with van der Waals surface area (Å²) >= 11 is 3.48. The summed E-state index contributed by atoms with van der Waals surface area (Å²) < 4.78 is 25.1. The van der Waals surface area contributed by atoms with E-state index < -0.39 is 5.76 Å². The molecule has 1 amide bonds. The SMILES string of the molecule is O=C(Cc1csc(-c2ccsc2)n1)Nc1ccccc1SC(F)F. The van der Waals surface area contributed by atoms with Gasteiger partial charge in [0.05, 0.1) is 17.8 Å². The van der Waals surface area contributed by atoms with Crippen LogP contribution >= 0.6 is 34.4 Å². The number of amides is 1. The highest BCUT2D eigenvalue weighted by Gasteiger charge is 2.13. The maximum absolute atomic E-state index is 12.6. The molecular formula is C16H12F2N2OS3. The van der Waals surface area contributed by atoms with E-state index in [0.29, 0.717) is 28.0 Å². The molecule has 0 atom stereocenters. The fraction of sp³-hybridized carbons (Fsp3) is 0.125. The number of nitrogens with one attached hydrogen (secondary N) is 1. The quantitative estimate of drug-likeness (QED) is 0.583. The highest BCUT2D eigenvalue weighted by Crippen LogP contribution is 2.32. The first-order chi connectivity index (χ1) is 11.6. The monoisotopic (exact) mass is 382 g/mol. The Balaban J connectivity index is 1.66. The molecule has 3 rings (SSSR count). The lowest BCUT2D eigenvalue weighted by molar-refractivity contribution is -0.115. The first kappa shape index (κ1) is 17.1. The van der Waals surface area contributed by atoms with E-state index in [0.717, 1.165) is 10.6 Å². The van der Waals surface area contributed by atoms with Crippen molar-refractivity contribution in [1.82, 2.24) is 4.98 Å². The number of thiazole rings is 1. The van der Waals surface area contributed by atoms with Gasteiger partial charge in [0.2, 0.25) is 5.91 Å². The molecule has 1 N–H and O–H groups in total. The van der Waals surface area contributed by atoms with Crippen molar-refractivity contribution in [3.05, 3.63) is 52.2 Å². The van der Waals surface area contributed by atoms with Crippen molar-refractivity contribution in [3.63, 3.8) is 0 Å². The summed E-state index contributed by atoms with van der Waals surface area (Å²) in [6.07, 6.45) is 0.105. The zero-order valence-corrected chi connectivity index (χ0v) is 14.7. The van der Waals surface area contributed by atoms with Crippen LogP contribution in [-0.2, 0) is 11.2 Å². The summed E-state index contributed by atoms with van der Waals surface area (Å²) in [6, 6.07) is 8.51. The zero-order chi connectivity index (χ0) is 16.9. The molecule has 0 saturated heterocycles. The topological polar surface area (TPSA) is 42.0 Å². The second-order valence-electron chi connectivity index (χ2n) is 4.76. The second-order valence-corrected chi connectivity index (χ2v) is 7.43. The van der Waals surface area contributed by atoms with Gasteiger partial charge in [-0.25, -0.2) is 4.98 Å². The Labute approximate surface area is 149 Å². The molecular weight excluding hydrogens is 370 g/mol. The van der Waals surface area contributed by atoms with Gasteiger partial charge in [-0.3, -0.25) is 4.79 Å². The maximum atomic E-state index is 12.6. The number of carbonyl (C=O) groups excluding carboxylic acids is 1. The largest absolute Gasteiger partial charge is 0.325 e. The van der Waals surface area contributed by atoms with Crippen LogP contribution in [0.15, 0.2) is 51.4 Å². The molecule has 24 heavy (non-hydrogen) atoms. The standard InChI is InChI=1S/C16H12F2N2OS3/c17-16(18)24-13-4-2-1-3-12(13)20-14(21)7-11-9-23-15(19-11)10-5-6-22-8-10/h1-6,8-9,16H,7H2,(H,20,21). The normalized spacial score (nSPS) is 11.0. The van der Waals surface area contributed by atoms with Gasteiger partial charge in [0.15, 0.2) is 0 Å². The van der Waals surface area contributed by atoms with Gasteiger partial charge < -0.3 is 5.32 Å². The van der Waals surface area contributed by atoms with Gasteiger partial charge in [-0.05, 0) is 23.6 Å². The van der Waals surface area contributed by atoms with Crippen LogP contribution in [0.2, 0.25) is 0 Å². The molecule has 2 heterocycles.